The van der Waals surface area contributed by atoms with Crippen LogP contribution >= 0.6 is 22.7 Å². The van der Waals surface area contributed by atoms with Crippen molar-refractivity contribution in [2.75, 3.05) is 7.11 Å². The third-order valence-electron chi connectivity index (χ3n) is 12.0. The third kappa shape index (κ3) is 15.3. The number of oxazole rings is 3. The number of carbonyl (C=O) groups excluding carboxylic acids is 10. The van der Waals surface area contributed by atoms with Crippen LogP contribution in [-0.4, -0.2) is 125 Å². The number of aliphatic hydroxyl groups is 2. The number of amides is 10. The molecule has 89 heavy (non-hydrogen) atoms. The van der Waals surface area contributed by atoms with Crippen molar-refractivity contribution in [3.8, 4) is 22.0 Å². The second kappa shape index (κ2) is 27.4. The van der Waals surface area contributed by atoms with Crippen LogP contribution in [0.1, 0.15) is 119 Å². The standard InChI is InChI=1S/C55H54N16O16S2/c1-13-30-51-69-37(27(10)86-51)48(82)60-23(6)43(77)61-24(7)50-68-36(26(9)85-50)39-29(14-15-31(62-39)44(78)59-22(5)42(76)58-21(4)41(75)57-20(3)40(56)74)54-65-34(17-88-54)46(80)67-35(25(8)73)47(81)64-32(16-19(2)72)52-70-38(28(11)87-52)49(83)71-53(84-12)55-66-33(18-89-55)45(79)63-30/h13-19,25,35,53,72-73H,3-7H2,1-2,8-12H3,(H2,56,74)(H,57,75)(H,58,76)(H,59,78)(H,60,82)(H,61,77)(H,63,79)(H,64,81)(H,67,80)(H,71,83)/b30-13+,32-16+/t19?,25-,35+,53+/m1/s1. The van der Waals surface area contributed by atoms with Crippen molar-refractivity contribution >= 4 is 98.8 Å². The molecule has 13 N–H and O–H groups in total. The van der Waals surface area contributed by atoms with Crippen molar-refractivity contribution in [3.05, 3.63) is 159 Å². The summed E-state index contributed by atoms with van der Waals surface area (Å²) in [6.07, 6.45) is -1.61. The maximum Gasteiger partial charge on any atom is 0.278 e. The number of hydrogen-bond acceptors (Lipinski definition) is 24. The van der Waals surface area contributed by atoms with Crippen molar-refractivity contribution in [1.29, 1.82) is 0 Å². The second-order valence-electron chi connectivity index (χ2n) is 18.7. The van der Waals surface area contributed by atoms with Gasteiger partial charge in [-0.05, 0) is 59.8 Å². The van der Waals surface area contributed by atoms with Crippen LogP contribution in [-0.2, 0) is 28.7 Å². The molecule has 4 atom stereocenters. The molecular weight excluding hydrogens is 1200 g/mol. The van der Waals surface area contributed by atoms with Crippen LogP contribution in [0, 0.1) is 20.8 Å². The predicted molar refractivity (Wildman–Crippen MR) is 313 cm³/mol. The third-order valence-corrected chi connectivity index (χ3v) is 13.8. The van der Waals surface area contributed by atoms with Gasteiger partial charge in [-0.2, -0.15) is 0 Å². The number of nitrogens with one attached hydrogen (secondary N) is 9. The van der Waals surface area contributed by atoms with E-state index in [0.29, 0.717) is 0 Å². The number of methoxy groups -OCH3 is 1. The van der Waals surface area contributed by atoms with Crippen LogP contribution in [0.5, 0.6) is 0 Å². The maximum atomic E-state index is 14.0. The van der Waals surface area contributed by atoms with Crippen molar-refractivity contribution in [2.24, 2.45) is 5.73 Å². The van der Waals surface area contributed by atoms with E-state index in [2.05, 4.69) is 105 Å². The summed E-state index contributed by atoms with van der Waals surface area (Å²) in [5.74, 6) is -11.0. The number of primary amides is 1. The molecule has 0 saturated carbocycles. The van der Waals surface area contributed by atoms with Gasteiger partial charge in [0, 0.05) is 23.4 Å². The summed E-state index contributed by atoms with van der Waals surface area (Å²) in [6.45, 7) is 26.0. The summed E-state index contributed by atoms with van der Waals surface area (Å²) in [7, 11) is 1.25. The molecule has 0 fully saturated rings. The van der Waals surface area contributed by atoms with Gasteiger partial charge in [0.1, 0.15) is 73.2 Å². The number of thiazole rings is 2. The molecule has 10 bridgehead atoms. The van der Waals surface area contributed by atoms with Crippen LogP contribution in [0.2, 0.25) is 0 Å². The first-order chi connectivity index (χ1) is 42.0. The van der Waals surface area contributed by atoms with Crippen LogP contribution in [0.4, 0.5) is 0 Å². The van der Waals surface area contributed by atoms with E-state index in [1.165, 1.54) is 70.7 Å². The van der Waals surface area contributed by atoms with Gasteiger partial charge in [0.2, 0.25) is 23.6 Å². The normalized spacial score (nSPS) is 17.0. The van der Waals surface area contributed by atoms with E-state index in [4.69, 9.17) is 23.7 Å². The lowest BCUT2D eigenvalue weighted by Gasteiger charge is -2.21. The summed E-state index contributed by atoms with van der Waals surface area (Å²) in [5, 5.41) is 45.4. The Bertz CT molecular complexity index is 4080. The van der Waals surface area contributed by atoms with Gasteiger partial charge in [0.25, 0.3) is 53.2 Å². The highest BCUT2D eigenvalue weighted by molar-refractivity contribution is 7.13. The van der Waals surface area contributed by atoms with Crippen LogP contribution < -0.4 is 53.6 Å². The molecule has 462 valence electrons. The van der Waals surface area contributed by atoms with Gasteiger partial charge in [0.15, 0.2) is 17.6 Å². The number of nitrogens with two attached hydrogens (primary N) is 1. The van der Waals surface area contributed by atoms with Gasteiger partial charge in [-0.3, -0.25) is 47.9 Å². The molecule has 1 aliphatic rings. The number of aliphatic hydroxyl groups excluding tert-OH is 2. The number of nitrogens with zero attached hydrogens (tertiary/aromatic N) is 6. The largest absolute Gasteiger partial charge is 0.440 e. The fraction of sp³-hybridized carbons (Fsp3) is 0.200. The van der Waals surface area contributed by atoms with Crippen molar-refractivity contribution < 1.29 is 76.1 Å². The highest BCUT2D eigenvalue weighted by atomic mass is 32.1. The molecule has 0 spiro atoms. The Hall–Kier alpha value is -11.2. The van der Waals surface area contributed by atoms with Gasteiger partial charge in [-0.15, -0.1) is 22.7 Å². The lowest BCUT2D eigenvalue weighted by Crippen LogP contribution is -2.52. The smallest absolute Gasteiger partial charge is 0.278 e. The quantitative estimate of drug-likeness (QED) is 0.0863. The first kappa shape index (κ1) is 65.3. The molecule has 10 amide bonds. The van der Waals surface area contributed by atoms with E-state index in [1.54, 1.807) is 6.92 Å². The number of aryl methyl sites for hydroxylation is 3. The van der Waals surface area contributed by atoms with E-state index < -0.39 is 112 Å². The molecule has 0 aromatic carbocycles. The Morgan fingerprint density at radius 3 is 1.83 bits per heavy atom. The summed E-state index contributed by atoms with van der Waals surface area (Å²) >= 11 is 1.81. The van der Waals surface area contributed by atoms with Gasteiger partial charge in [0.05, 0.1) is 40.7 Å². The van der Waals surface area contributed by atoms with Crippen LogP contribution in [0.3, 0.4) is 0 Å². The Balaban J connectivity index is 1.25. The number of allylic oxidation sites excluding steroid dienone is 1. The summed E-state index contributed by atoms with van der Waals surface area (Å²) in [4.78, 5) is 159. The lowest BCUT2D eigenvalue weighted by atomic mass is 10.1. The molecule has 32 nitrogen and oxygen atoms in total. The van der Waals surface area contributed by atoms with Crippen molar-refractivity contribution in [2.45, 2.75) is 66.0 Å². The van der Waals surface area contributed by atoms with Crippen LogP contribution in [0.25, 0.3) is 39.1 Å². The minimum atomic E-state index is -1.74. The van der Waals surface area contributed by atoms with Crippen molar-refractivity contribution in [1.82, 2.24) is 77.8 Å². The number of carbonyl (C=O) groups is 10. The molecule has 6 aromatic heterocycles. The molecular formula is C55H54N16O16S2. The molecule has 0 aliphatic carbocycles. The summed E-state index contributed by atoms with van der Waals surface area (Å²) in [6, 6.07) is 0.792. The number of rotatable bonds is 10. The molecule has 34 heteroatoms. The van der Waals surface area contributed by atoms with Gasteiger partial charge < -0.3 is 81.8 Å². The maximum absolute atomic E-state index is 14.0. The van der Waals surface area contributed by atoms with Gasteiger partial charge >= 0.3 is 0 Å². The molecule has 1 unspecified atom stereocenters. The fourth-order valence-electron chi connectivity index (χ4n) is 7.55. The number of pyridine rings is 1. The number of hydrogen-bond donors (Lipinski definition) is 12. The average Bonchev–Trinajstić information content (AvgIpc) is 1.77. The Morgan fingerprint density at radius 1 is 0.652 bits per heavy atom. The van der Waals surface area contributed by atoms with Gasteiger partial charge in [-0.1, -0.05) is 39.0 Å². The number of ether oxygens (including phenoxy) is 1. The number of fused-ring (bicyclic) bond motifs is 13. The highest BCUT2D eigenvalue weighted by Gasteiger charge is 2.33. The monoisotopic (exact) mass is 1260 g/mol. The fourth-order valence-corrected chi connectivity index (χ4v) is 9.19. The van der Waals surface area contributed by atoms with Gasteiger partial charge in [-0.25, -0.2) is 29.9 Å². The zero-order valence-electron chi connectivity index (χ0n) is 48.0. The zero-order chi connectivity index (χ0) is 65.5. The number of aromatic nitrogens is 6. The topological polar surface area (TPSA) is 471 Å². The predicted octanol–water partition coefficient (Wildman–Crippen LogP) is 1.43. The molecule has 0 saturated heterocycles. The lowest BCUT2D eigenvalue weighted by molar-refractivity contribution is -0.124. The second-order valence-corrected chi connectivity index (χ2v) is 20.5. The van der Waals surface area contributed by atoms with E-state index >= 15 is 0 Å². The van der Waals surface area contributed by atoms with Crippen molar-refractivity contribution in [3.63, 3.8) is 0 Å². The minimum absolute atomic E-state index is 0.00301. The first-order valence-electron chi connectivity index (χ1n) is 25.7. The average molecular weight is 1260 g/mol. The van der Waals surface area contributed by atoms with E-state index in [1.807, 2.05) is 5.32 Å². The Kier molecular flexibility index (Phi) is 20.2. The summed E-state index contributed by atoms with van der Waals surface area (Å²) < 4.78 is 22.9. The molecule has 7 rings (SSSR count). The summed E-state index contributed by atoms with van der Waals surface area (Å²) in [5.41, 5.74) is 0.606. The molecule has 1 aliphatic heterocycles. The van der Waals surface area contributed by atoms with E-state index in [9.17, 15) is 58.2 Å². The highest BCUT2D eigenvalue weighted by Crippen LogP contribution is 2.35. The van der Waals surface area contributed by atoms with Crippen LogP contribution in [0.15, 0.2) is 104 Å². The van der Waals surface area contributed by atoms with E-state index in [0.717, 1.165) is 28.7 Å². The van der Waals surface area contributed by atoms with E-state index in [-0.39, 0.29) is 102 Å². The molecule has 7 heterocycles. The minimum Gasteiger partial charge on any atom is -0.440 e. The zero-order valence-corrected chi connectivity index (χ0v) is 49.6. The SMILES string of the molecule is C=C(NC(=O)C(=C)NC(=O)C(=C)NC(=O)c1ccc2c(n1)-c1nc(oc1C)C(=C)NC(=O)C(=C)NC(=O)c1nc(oc1C)/C(=C\C)NC(=O)c1csc(n1)[C@H](OC)NC(=O)c1nc(oc1C)/C(=C\C(C)O)NC(=O)[C@H]([C@@H](C)O)NC(=O)c1csc-2n1)C(N)=O. The Labute approximate surface area is 510 Å². The Morgan fingerprint density at radius 2 is 1.21 bits per heavy atom. The molecule has 6 aromatic rings. The first-order valence-corrected chi connectivity index (χ1v) is 27.4. The molecule has 0 radical (unpaired) electrons.